The van der Waals surface area contributed by atoms with Gasteiger partial charge >= 0.3 is 0 Å². The van der Waals surface area contributed by atoms with Gasteiger partial charge in [0.1, 0.15) is 0 Å². The van der Waals surface area contributed by atoms with E-state index in [0.717, 1.165) is 37.9 Å². The second kappa shape index (κ2) is 7.78. The summed E-state index contributed by atoms with van der Waals surface area (Å²) in [7, 11) is 0. The van der Waals surface area contributed by atoms with E-state index in [1.54, 1.807) is 0 Å². The summed E-state index contributed by atoms with van der Waals surface area (Å²) in [5, 5.41) is 12.4. The molecule has 36 heavy (non-hydrogen) atoms. The lowest BCUT2D eigenvalue weighted by molar-refractivity contribution is -0.678. The number of ether oxygens (including phenoxy) is 1. The van der Waals surface area contributed by atoms with E-state index in [9.17, 15) is 9.90 Å². The molecule has 3 aromatic rings. The van der Waals surface area contributed by atoms with Crippen LogP contribution in [0.5, 0.6) is 0 Å². The molecule has 0 amide bonds. The van der Waals surface area contributed by atoms with E-state index >= 15 is 0 Å². The van der Waals surface area contributed by atoms with Crippen molar-refractivity contribution in [3.8, 4) is 0 Å². The van der Waals surface area contributed by atoms with Crippen LogP contribution < -0.4 is 14.6 Å². The molecule has 5 heterocycles. The number of rotatable bonds is 2. The summed E-state index contributed by atoms with van der Waals surface area (Å²) < 4.78 is 9.27. The number of anilines is 1. The number of carboxylic acids is 1. The van der Waals surface area contributed by atoms with Crippen molar-refractivity contribution in [3.63, 3.8) is 0 Å². The summed E-state index contributed by atoms with van der Waals surface area (Å²) in [6, 6.07) is 19.2. The Morgan fingerprint density at radius 1 is 1.11 bits per heavy atom. The van der Waals surface area contributed by atoms with Crippen molar-refractivity contribution in [2.75, 3.05) is 11.4 Å². The first-order chi connectivity index (χ1) is 17.4. The first-order valence-corrected chi connectivity index (χ1v) is 13.0. The number of hydrogen-bond acceptors (Lipinski definition) is 4. The molecule has 182 valence electrons. The molecule has 0 saturated heterocycles. The summed E-state index contributed by atoms with van der Waals surface area (Å²) >= 11 is 0. The van der Waals surface area contributed by atoms with Crippen LogP contribution in [0.2, 0.25) is 0 Å². The third-order valence-corrected chi connectivity index (χ3v) is 8.40. The molecular formula is C31H30N2O3. The van der Waals surface area contributed by atoms with Crippen LogP contribution in [0.1, 0.15) is 43.5 Å². The highest BCUT2D eigenvalue weighted by molar-refractivity contribution is 5.79. The van der Waals surface area contributed by atoms with Crippen LogP contribution in [-0.4, -0.2) is 24.7 Å². The van der Waals surface area contributed by atoms with Crippen LogP contribution in [0.4, 0.5) is 5.69 Å². The molecule has 2 unspecified atom stereocenters. The summed E-state index contributed by atoms with van der Waals surface area (Å²) in [6.45, 7) is 6.49. The van der Waals surface area contributed by atoms with Gasteiger partial charge < -0.3 is 19.5 Å². The van der Waals surface area contributed by atoms with E-state index < -0.39 is 5.97 Å². The highest BCUT2D eigenvalue weighted by Gasteiger charge is 2.45. The van der Waals surface area contributed by atoms with E-state index in [1.807, 2.05) is 6.07 Å². The molecule has 0 radical (unpaired) electrons. The molecular weight excluding hydrogens is 448 g/mol. The minimum Gasteiger partial charge on any atom is -0.550 e. The minimum atomic E-state index is -1.03. The van der Waals surface area contributed by atoms with Crippen molar-refractivity contribution in [1.82, 2.24) is 0 Å². The van der Waals surface area contributed by atoms with Crippen LogP contribution in [0.25, 0.3) is 16.5 Å². The number of fused-ring (bicyclic) bond motifs is 9. The normalized spacial score (nSPS) is 23.7. The lowest BCUT2D eigenvalue weighted by Crippen LogP contribution is -2.51. The lowest BCUT2D eigenvalue weighted by atomic mass is 9.72. The number of carboxylic acid groups (broad SMARTS) is 1. The fourth-order valence-electron chi connectivity index (χ4n) is 7.00. The maximum atomic E-state index is 11.2. The summed E-state index contributed by atoms with van der Waals surface area (Å²) in [5.74, 6) is -1.03. The van der Waals surface area contributed by atoms with Gasteiger partial charge in [0.2, 0.25) is 11.2 Å². The number of aryl methyl sites for hydroxylation is 1. The molecule has 4 aliphatic heterocycles. The number of para-hydroxylation sites is 1. The number of nitrogens with zero attached hydrogens (tertiary/aromatic N) is 2. The van der Waals surface area contributed by atoms with Crippen molar-refractivity contribution in [2.45, 2.75) is 58.3 Å². The second-order valence-corrected chi connectivity index (χ2v) is 11.2. The average molecular weight is 479 g/mol. The highest BCUT2D eigenvalue weighted by atomic mass is 16.5. The van der Waals surface area contributed by atoms with Crippen molar-refractivity contribution >= 4 is 28.1 Å². The van der Waals surface area contributed by atoms with Crippen LogP contribution >= 0.6 is 0 Å². The smallest absolute Gasteiger partial charge is 0.212 e. The highest BCUT2D eigenvalue weighted by Crippen LogP contribution is 2.50. The van der Waals surface area contributed by atoms with Gasteiger partial charge in [0.25, 0.3) is 0 Å². The van der Waals surface area contributed by atoms with Crippen molar-refractivity contribution in [1.29, 1.82) is 0 Å². The van der Waals surface area contributed by atoms with Crippen molar-refractivity contribution in [2.24, 2.45) is 5.41 Å². The molecule has 0 N–H and O–H groups in total. The Morgan fingerprint density at radius 2 is 1.97 bits per heavy atom. The Kier molecular flexibility index (Phi) is 4.71. The van der Waals surface area contributed by atoms with Gasteiger partial charge in [0.15, 0.2) is 6.54 Å². The SMILES string of the molecule is CC1(C)Cc2cc(CC(=O)[O-])ccc2N2CCC3OC4CC[n+]5c(ccc6ccccc65)C4=CC3=C21. The van der Waals surface area contributed by atoms with Crippen LogP contribution in [0, 0.1) is 5.41 Å². The number of aliphatic carboxylic acids is 1. The van der Waals surface area contributed by atoms with Gasteiger partial charge in [-0.3, -0.25) is 0 Å². The number of carbonyl (C=O) groups is 1. The molecule has 0 saturated carbocycles. The number of carbonyl (C=O) groups excluding carboxylic acids is 1. The molecule has 7 rings (SSSR count). The topological polar surface area (TPSA) is 56.5 Å². The van der Waals surface area contributed by atoms with Gasteiger partial charge in [-0.25, -0.2) is 0 Å². The molecule has 2 aromatic carbocycles. The van der Waals surface area contributed by atoms with Gasteiger partial charge in [0.05, 0.1) is 17.8 Å². The number of allylic oxidation sites excluding steroid dienone is 1. The quantitative estimate of drug-likeness (QED) is 0.527. The van der Waals surface area contributed by atoms with Crippen molar-refractivity contribution in [3.05, 3.63) is 88.8 Å². The Hall–Kier alpha value is -3.44. The van der Waals surface area contributed by atoms with Crippen LogP contribution in [0.15, 0.2) is 71.9 Å². The average Bonchev–Trinajstić information content (AvgIpc) is 2.86. The standard InChI is InChI=1S/C31H30N2O3/c1-31(2)18-21-15-19(16-29(34)35)7-9-25(21)33-14-12-28-23(30(31)33)17-22-26-10-8-20-5-3-4-6-24(20)32(26)13-11-27(22)36-28/h3-10,15,17,27-28H,11-14,16,18H2,1-2H3. The maximum Gasteiger partial charge on any atom is 0.212 e. The summed E-state index contributed by atoms with van der Waals surface area (Å²) in [5.41, 5.74) is 9.61. The number of pyridine rings is 1. The Morgan fingerprint density at radius 3 is 2.83 bits per heavy atom. The second-order valence-electron chi connectivity index (χ2n) is 11.2. The van der Waals surface area contributed by atoms with E-state index in [2.05, 4.69) is 77.9 Å². The van der Waals surface area contributed by atoms with Crippen LogP contribution in [-0.2, 0) is 28.9 Å². The molecule has 1 aromatic heterocycles. The molecule has 0 bridgehead atoms. The van der Waals surface area contributed by atoms with Gasteiger partial charge in [0, 0.05) is 65.2 Å². The zero-order valence-corrected chi connectivity index (χ0v) is 20.8. The molecule has 0 fully saturated rings. The maximum absolute atomic E-state index is 11.2. The van der Waals surface area contributed by atoms with Gasteiger partial charge in [-0.15, -0.1) is 0 Å². The van der Waals surface area contributed by atoms with E-state index in [1.165, 1.54) is 44.7 Å². The molecule has 5 nitrogen and oxygen atoms in total. The minimum absolute atomic E-state index is 0.0448. The van der Waals surface area contributed by atoms with Gasteiger partial charge in [-0.2, -0.15) is 4.57 Å². The molecule has 5 heteroatoms. The largest absolute Gasteiger partial charge is 0.550 e. The first-order valence-electron chi connectivity index (χ1n) is 13.0. The lowest BCUT2D eigenvalue weighted by Gasteiger charge is -2.50. The van der Waals surface area contributed by atoms with E-state index in [-0.39, 0.29) is 24.0 Å². The fraction of sp³-hybridized carbons (Fsp3) is 0.355. The first kappa shape index (κ1) is 21.8. The Labute approximate surface area is 211 Å². The zero-order valence-electron chi connectivity index (χ0n) is 20.8. The van der Waals surface area contributed by atoms with Gasteiger partial charge in [-0.1, -0.05) is 38.1 Å². The Balaban J connectivity index is 1.38. The monoisotopic (exact) mass is 478 g/mol. The van der Waals surface area contributed by atoms with Crippen LogP contribution in [0.3, 0.4) is 0 Å². The fourth-order valence-corrected chi connectivity index (χ4v) is 7.00. The molecule has 0 aliphatic carbocycles. The number of aromatic nitrogens is 1. The number of hydrogen-bond donors (Lipinski definition) is 0. The molecule has 4 aliphatic rings. The molecule has 2 atom stereocenters. The summed E-state index contributed by atoms with van der Waals surface area (Å²) in [4.78, 5) is 13.6. The predicted molar refractivity (Wildman–Crippen MR) is 137 cm³/mol. The molecule has 0 spiro atoms. The van der Waals surface area contributed by atoms with E-state index in [4.69, 9.17) is 4.74 Å². The number of benzene rings is 2. The van der Waals surface area contributed by atoms with Gasteiger partial charge in [-0.05, 0) is 48.2 Å². The Bertz CT molecular complexity index is 1500. The van der Waals surface area contributed by atoms with E-state index in [0.29, 0.717) is 0 Å². The summed E-state index contributed by atoms with van der Waals surface area (Å²) in [6.07, 6.45) is 5.47. The predicted octanol–water partition coefficient (Wildman–Crippen LogP) is 3.72. The third kappa shape index (κ3) is 3.26. The van der Waals surface area contributed by atoms with Crippen molar-refractivity contribution < 1.29 is 19.2 Å². The third-order valence-electron chi connectivity index (χ3n) is 8.40. The zero-order chi connectivity index (χ0) is 24.6.